The second-order valence-electron chi connectivity index (χ2n) is 6.28. The van der Waals surface area contributed by atoms with Crippen LogP contribution in [-0.4, -0.2) is 49.6 Å². The number of esters is 1. The molecular formula is C19H27F2N3O2. The number of carbonyl (C=O) groups excluding carboxylic acids is 1. The van der Waals surface area contributed by atoms with Crippen LogP contribution in [0, 0.1) is 17.6 Å². The highest BCUT2D eigenvalue weighted by Crippen LogP contribution is 2.19. The van der Waals surface area contributed by atoms with Gasteiger partial charge in [0, 0.05) is 32.2 Å². The standard InChI is InChI=1S/C19H27F2N3O2/c1-3-22-19(23-8-5-14-11-16(20)13-17(21)12-14)24-9-6-15(7-10-24)18(25)26-4-2/h11-13,15H,3-10H2,1-2H3,(H,22,23). The number of nitrogens with zero attached hydrogens (tertiary/aromatic N) is 2. The Kier molecular flexibility index (Phi) is 7.81. The number of halogens is 2. The van der Waals surface area contributed by atoms with E-state index in [0.29, 0.717) is 25.1 Å². The van der Waals surface area contributed by atoms with Gasteiger partial charge in [0.2, 0.25) is 0 Å². The normalized spacial score (nSPS) is 15.8. The van der Waals surface area contributed by atoms with Crippen LogP contribution in [-0.2, 0) is 16.0 Å². The van der Waals surface area contributed by atoms with Crippen LogP contribution in [0.4, 0.5) is 8.78 Å². The van der Waals surface area contributed by atoms with Gasteiger partial charge in [-0.25, -0.2) is 8.78 Å². The van der Waals surface area contributed by atoms with Crippen LogP contribution >= 0.6 is 0 Å². The van der Waals surface area contributed by atoms with E-state index in [9.17, 15) is 13.6 Å². The summed E-state index contributed by atoms with van der Waals surface area (Å²) in [6, 6.07) is 3.53. The van der Waals surface area contributed by atoms with Crippen LogP contribution in [0.15, 0.2) is 23.2 Å². The first-order chi connectivity index (χ1) is 12.5. The van der Waals surface area contributed by atoms with Crippen molar-refractivity contribution in [2.45, 2.75) is 33.1 Å². The summed E-state index contributed by atoms with van der Waals surface area (Å²) in [6.45, 7) is 6.82. The number of hydrogen-bond donors (Lipinski definition) is 1. The summed E-state index contributed by atoms with van der Waals surface area (Å²) in [6.07, 6.45) is 1.93. The number of hydrogen-bond acceptors (Lipinski definition) is 3. The van der Waals surface area contributed by atoms with Crippen molar-refractivity contribution >= 4 is 11.9 Å². The predicted molar refractivity (Wildman–Crippen MR) is 97.0 cm³/mol. The number of likely N-dealkylation sites (tertiary alicyclic amines) is 1. The lowest BCUT2D eigenvalue weighted by Gasteiger charge is -2.33. The van der Waals surface area contributed by atoms with E-state index in [4.69, 9.17) is 4.74 Å². The lowest BCUT2D eigenvalue weighted by atomic mass is 9.97. The number of rotatable bonds is 6. The number of ether oxygens (including phenoxy) is 1. The number of guanidine groups is 1. The van der Waals surface area contributed by atoms with Crippen LogP contribution in [0.25, 0.3) is 0 Å². The minimum Gasteiger partial charge on any atom is -0.466 e. The monoisotopic (exact) mass is 367 g/mol. The molecular weight excluding hydrogens is 340 g/mol. The van der Waals surface area contributed by atoms with Crippen molar-refractivity contribution in [3.05, 3.63) is 35.4 Å². The fourth-order valence-corrected chi connectivity index (χ4v) is 3.06. The number of piperidine rings is 1. The fraction of sp³-hybridized carbons (Fsp3) is 0.579. The highest BCUT2D eigenvalue weighted by molar-refractivity contribution is 5.80. The summed E-state index contributed by atoms with van der Waals surface area (Å²) in [5.41, 5.74) is 0.586. The molecule has 1 aliphatic heterocycles. The molecule has 0 spiro atoms. The van der Waals surface area contributed by atoms with Gasteiger partial charge in [-0.05, 0) is 50.8 Å². The van der Waals surface area contributed by atoms with Crippen LogP contribution in [0.5, 0.6) is 0 Å². The Morgan fingerprint density at radius 1 is 1.23 bits per heavy atom. The summed E-state index contributed by atoms with van der Waals surface area (Å²) in [7, 11) is 0. The van der Waals surface area contributed by atoms with Crippen LogP contribution in [0.2, 0.25) is 0 Å². The van der Waals surface area contributed by atoms with Crippen LogP contribution in [0.3, 0.4) is 0 Å². The van der Waals surface area contributed by atoms with E-state index in [1.54, 1.807) is 0 Å². The smallest absolute Gasteiger partial charge is 0.309 e. The Balaban J connectivity index is 1.91. The zero-order valence-corrected chi connectivity index (χ0v) is 15.4. The van der Waals surface area contributed by atoms with Crippen molar-refractivity contribution in [2.24, 2.45) is 10.9 Å². The third-order valence-electron chi connectivity index (χ3n) is 4.33. The van der Waals surface area contributed by atoms with Gasteiger partial charge in [0.1, 0.15) is 11.6 Å². The SMILES string of the molecule is CCNC(=NCCc1cc(F)cc(F)c1)N1CCC(C(=O)OCC)CC1. The largest absolute Gasteiger partial charge is 0.466 e. The van der Waals surface area contributed by atoms with E-state index in [1.807, 2.05) is 13.8 Å². The first kappa shape index (κ1) is 20.1. The third-order valence-corrected chi connectivity index (χ3v) is 4.33. The number of nitrogens with one attached hydrogen (secondary N) is 1. The minimum atomic E-state index is -0.572. The van der Waals surface area contributed by atoms with E-state index in [0.717, 1.165) is 44.5 Å². The van der Waals surface area contributed by atoms with Crippen molar-refractivity contribution in [3.63, 3.8) is 0 Å². The van der Waals surface area contributed by atoms with Gasteiger partial charge in [0.25, 0.3) is 0 Å². The maximum absolute atomic E-state index is 13.2. The molecule has 1 aromatic carbocycles. The Morgan fingerprint density at radius 3 is 2.46 bits per heavy atom. The highest BCUT2D eigenvalue weighted by Gasteiger charge is 2.27. The lowest BCUT2D eigenvalue weighted by molar-refractivity contribution is -0.149. The van der Waals surface area contributed by atoms with Crippen molar-refractivity contribution < 1.29 is 18.3 Å². The first-order valence-electron chi connectivity index (χ1n) is 9.18. The molecule has 26 heavy (non-hydrogen) atoms. The van der Waals surface area contributed by atoms with E-state index < -0.39 is 11.6 Å². The highest BCUT2D eigenvalue weighted by atomic mass is 19.1. The van der Waals surface area contributed by atoms with Crippen molar-refractivity contribution in [1.82, 2.24) is 10.2 Å². The van der Waals surface area contributed by atoms with Gasteiger partial charge in [-0.3, -0.25) is 9.79 Å². The number of benzene rings is 1. The molecule has 2 rings (SSSR count). The third kappa shape index (κ3) is 5.97. The lowest BCUT2D eigenvalue weighted by Crippen LogP contribution is -2.46. The second kappa shape index (κ2) is 10.1. The zero-order chi connectivity index (χ0) is 18.9. The van der Waals surface area contributed by atoms with Crippen molar-refractivity contribution in [1.29, 1.82) is 0 Å². The molecule has 7 heteroatoms. The van der Waals surface area contributed by atoms with Gasteiger partial charge < -0.3 is 15.0 Å². The minimum absolute atomic E-state index is 0.0515. The predicted octanol–water partition coefficient (Wildman–Crippen LogP) is 2.75. The van der Waals surface area contributed by atoms with Crippen molar-refractivity contribution in [2.75, 3.05) is 32.8 Å². The van der Waals surface area contributed by atoms with Gasteiger partial charge in [-0.2, -0.15) is 0 Å². The number of carbonyl (C=O) groups is 1. The van der Waals surface area contributed by atoms with Gasteiger partial charge in [-0.15, -0.1) is 0 Å². The number of aliphatic imine (C=N–C) groups is 1. The summed E-state index contributed by atoms with van der Waals surface area (Å²) in [5, 5.41) is 3.24. The summed E-state index contributed by atoms with van der Waals surface area (Å²) in [4.78, 5) is 18.5. The molecule has 0 atom stereocenters. The molecule has 0 bridgehead atoms. The quantitative estimate of drug-likeness (QED) is 0.477. The second-order valence-corrected chi connectivity index (χ2v) is 6.28. The fourth-order valence-electron chi connectivity index (χ4n) is 3.06. The van der Waals surface area contributed by atoms with Crippen molar-refractivity contribution in [3.8, 4) is 0 Å². The summed E-state index contributed by atoms with van der Waals surface area (Å²) in [5.74, 6) is -0.549. The van der Waals surface area contributed by atoms with E-state index in [2.05, 4.69) is 15.2 Å². The first-order valence-corrected chi connectivity index (χ1v) is 9.18. The van der Waals surface area contributed by atoms with Crippen LogP contribution in [0.1, 0.15) is 32.3 Å². The molecule has 1 fully saturated rings. The molecule has 144 valence electrons. The average molecular weight is 367 g/mol. The molecule has 0 aromatic heterocycles. The molecule has 0 unspecified atom stereocenters. The topological polar surface area (TPSA) is 53.9 Å². The Bertz CT molecular complexity index is 609. The van der Waals surface area contributed by atoms with E-state index in [-0.39, 0.29) is 11.9 Å². The van der Waals surface area contributed by atoms with E-state index >= 15 is 0 Å². The molecule has 0 aliphatic carbocycles. The molecule has 0 saturated carbocycles. The maximum atomic E-state index is 13.2. The molecule has 1 saturated heterocycles. The Hall–Kier alpha value is -2.18. The Morgan fingerprint density at radius 2 is 1.88 bits per heavy atom. The molecule has 0 radical (unpaired) electrons. The summed E-state index contributed by atoms with van der Waals surface area (Å²) < 4.78 is 31.6. The van der Waals surface area contributed by atoms with Gasteiger partial charge >= 0.3 is 5.97 Å². The molecule has 5 nitrogen and oxygen atoms in total. The maximum Gasteiger partial charge on any atom is 0.309 e. The van der Waals surface area contributed by atoms with Crippen LogP contribution < -0.4 is 5.32 Å². The molecule has 1 aliphatic rings. The van der Waals surface area contributed by atoms with Gasteiger partial charge in [0.15, 0.2) is 5.96 Å². The molecule has 1 N–H and O–H groups in total. The van der Waals surface area contributed by atoms with Gasteiger partial charge in [0.05, 0.1) is 12.5 Å². The molecule has 1 heterocycles. The zero-order valence-electron chi connectivity index (χ0n) is 15.4. The Labute approximate surface area is 153 Å². The van der Waals surface area contributed by atoms with E-state index in [1.165, 1.54) is 12.1 Å². The molecule has 1 aromatic rings. The average Bonchev–Trinajstić information content (AvgIpc) is 2.60. The summed E-state index contributed by atoms with van der Waals surface area (Å²) >= 11 is 0. The van der Waals surface area contributed by atoms with Gasteiger partial charge in [-0.1, -0.05) is 0 Å². The molecule has 0 amide bonds.